The van der Waals surface area contributed by atoms with Crippen molar-refractivity contribution in [1.82, 2.24) is 10.5 Å². The summed E-state index contributed by atoms with van der Waals surface area (Å²) in [5, 5.41) is 9.67. The van der Waals surface area contributed by atoms with E-state index in [1.54, 1.807) is 6.07 Å². The summed E-state index contributed by atoms with van der Waals surface area (Å²) in [4.78, 5) is 12.0. The third kappa shape index (κ3) is 3.87. The van der Waals surface area contributed by atoms with E-state index in [-0.39, 0.29) is 12.1 Å². The van der Waals surface area contributed by atoms with Gasteiger partial charge in [-0.2, -0.15) is 0 Å². The maximum Gasteiger partial charge on any atom is 0.320 e. The molecular formula is C17H21N3O2. The first kappa shape index (κ1) is 14.6. The van der Waals surface area contributed by atoms with Crippen molar-refractivity contribution in [3.05, 3.63) is 36.4 Å². The van der Waals surface area contributed by atoms with E-state index >= 15 is 0 Å². The van der Waals surface area contributed by atoms with Crippen LogP contribution in [0.25, 0.3) is 11.3 Å². The Balaban J connectivity index is 1.56. The molecule has 0 spiro atoms. The van der Waals surface area contributed by atoms with E-state index < -0.39 is 0 Å². The zero-order valence-electron chi connectivity index (χ0n) is 12.5. The molecule has 5 nitrogen and oxygen atoms in total. The first-order valence-corrected chi connectivity index (χ1v) is 7.91. The number of nitrogens with zero attached hydrogens (tertiary/aromatic N) is 1. The smallest absolute Gasteiger partial charge is 0.320 e. The van der Waals surface area contributed by atoms with Gasteiger partial charge in [-0.1, -0.05) is 61.2 Å². The Labute approximate surface area is 130 Å². The number of nitrogens with one attached hydrogen (secondary N) is 2. The fourth-order valence-electron chi connectivity index (χ4n) is 2.83. The minimum Gasteiger partial charge on any atom is -0.354 e. The van der Waals surface area contributed by atoms with Gasteiger partial charge >= 0.3 is 6.03 Å². The van der Waals surface area contributed by atoms with E-state index in [0.717, 1.165) is 18.4 Å². The van der Waals surface area contributed by atoms with Crippen molar-refractivity contribution >= 4 is 11.8 Å². The Hall–Kier alpha value is -2.30. The molecule has 2 amide bonds. The van der Waals surface area contributed by atoms with Crippen molar-refractivity contribution in [2.75, 3.05) is 5.32 Å². The standard InChI is InChI=1S/C17H21N3O2/c21-17(18-14-10-6-1-2-7-11-14)19-16-12-15(22-20-16)13-8-4-3-5-9-13/h3-5,8-9,12,14H,1-2,6-7,10-11H2,(H2,18,19,20,21). The van der Waals surface area contributed by atoms with Gasteiger partial charge in [0, 0.05) is 17.7 Å². The van der Waals surface area contributed by atoms with E-state index in [0.29, 0.717) is 11.6 Å². The summed E-state index contributed by atoms with van der Waals surface area (Å²) in [5.41, 5.74) is 0.937. The van der Waals surface area contributed by atoms with Crippen LogP contribution >= 0.6 is 0 Å². The van der Waals surface area contributed by atoms with Gasteiger partial charge in [0.2, 0.25) is 0 Å². The fourth-order valence-corrected chi connectivity index (χ4v) is 2.83. The molecule has 1 fully saturated rings. The highest BCUT2D eigenvalue weighted by molar-refractivity contribution is 5.88. The predicted octanol–water partition coefficient (Wildman–Crippen LogP) is 4.19. The molecule has 5 heteroatoms. The number of amides is 2. The lowest BCUT2D eigenvalue weighted by molar-refractivity contribution is 0.247. The summed E-state index contributed by atoms with van der Waals surface area (Å²) in [6.07, 6.45) is 7.02. The van der Waals surface area contributed by atoms with Crippen LogP contribution in [0.5, 0.6) is 0 Å². The third-order valence-electron chi connectivity index (χ3n) is 4.00. The molecule has 22 heavy (non-hydrogen) atoms. The lowest BCUT2D eigenvalue weighted by Crippen LogP contribution is -2.37. The average molecular weight is 299 g/mol. The lowest BCUT2D eigenvalue weighted by Gasteiger charge is -2.15. The fraction of sp³-hybridized carbons (Fsp3) is 0.412. The Morgan fingerprint density at radius 1 is 1.09 bits per heavy atom. The van der Waals surface area contributed by atoms with Crippen LogP contribution in [0.2, 0.25) is 0 Å². The molecule has 0 atom stereocenters. The molecule has 1 saturated carbocycles. The van der Waals surface area contributed by atoms with Crippen molar-refractivity contribution in [3.8, 4) is 11.3 Å². The van der Waals surface area contributed by atoms with Gasteiger partial charge in [0.15, 0.2) is 11.6 Å². The molecule has 2 aromatic rings. The normalized spacial score (nSPS) is 16.0. The molecule has 116 valence electrons. The summed E-state index contributed by atoms with van der Waals surface area (Å²) in [5.74, 6) is 1.08. The van der Waals surface area contributed by atoms with E-state index in [1.807, 2.05) is 30.3 Å². The van der Waals surface area contributed by atoms with Gasteiger partial charge in [-0.3, -0.25) is 5.32 Å². The molecule has 2 N–H and O–H groups in total. The van der Waals surface area contributed by atoms with Crippen molar-refractivity contribution in [2.24, 2.45) is 0 Å². The van der Waals surface area contributed by atoms with Crippen LogP contribution in [0.1, 0.15) is 38.5 Å². The zero-order chi connectivity index (χ0) is 15.2. The molecule has 0 unspecified atom stereocenters. The molecule has 0 saturated heterocycles. The Morgan fingerprint density at radius 3 is 2.55 bits per heavy atom. The second kappa shape index (κ2) is 7.11. The first-order chi connectivity index (χ1) is 10.8. The molecule has 1 aliphatic rings. The van der Waals surface area contributed by atoms with Crippen LogP contribution in [0.3, 0.4) is 0 Å². The third-order valence-corrected chi connectivity index (χ3v) is 4.00. The van der Waals surface area contributed by atoms with Gasteiger partial charge in [-0.25, -0.2) is 4.79 Å². The number of urea groups is 1. The first-order valence-electron chi connectivity index (χ1n) is 7.91. The number of aromatic nitrogens is 1. The number of hydrogen-bond acceptors (Lipinski definition) is 3. The van der Waals surface area contributed by atoms with Gasteiger partial charge in [-0.15, -0.1) is 0 Å². The summed E-state index contributed by atoms with van der Waals surface area (Å²) >= 11 is 0. The summed E-state index contributed by atoms with van der Waals surface area (Å²) in [6.45, 7) is 0. The summed E-state index contributed by atoms with van der Waals surface area (Å²) in [7, 11) is 0. The average Bonchev–Trinajstić information content (AvgIpc) is 2.84. The number of carbonyl (C=O) groups is 1. The van der Waals surface area contributed by atoms with E-state index in [4.69, 9.17) is 4.52 Å². The van der Waals surface area contributed by atoms with Crippen LogP contribution in [0.15, 0.2) is 40.9 Å². The molecule has 0 radical (unpaired) electrons. The topological polar surface area (TPSA) is 67.2 Å². The quantitative estimate of drug-likeness (QED) is 0.835. The maximum absolute atomic E-state index is 12.0. The second-order valence-corrected chi connectivity index (χ2v) is 5.73. The zero-order valence-corrected chi connectivity index (χ0v) is 12.5. The van der Waals surface area contributed by atoms with Crippen LogP contribution < -0.4 is 10.6 Å². The molecular weight excluding hydrogens is 278 g/mol. The Morgan fingerprint density at radius 2 is 1.82 bits per heavy atom. The molecule has 1 heterocycles. The molecule has 3 rings (SSSR count). The van der Waals surface area contributed by atoms with Crippen molar-refractivity contribution < 1.29 is 9.32 Å². The lowest BCUT2D eigenvalue weighted by atomic mass is 10.1. The van der Waals surface area contributed by atoms with Gasteiger partial charge in [-0.05, 0) is 12.8 Å². The number of benzene rings is 1. The predicted molar refractivity (Wildman–Crippen MR) is 85.6 cm³/mol. The van der Waals surface area contributed by atoms with E-state index in [9.17, 15) is 4.79 Å². The van der Waals surface area contributed by atoms with Gasteiger partial charge in [0.25, 0.3) is 0 Å². The SMILES string of the molecule is O=C(Nc1cc(-c2ccccc2)on1)NC1CCCCCC1. The van der Waals surface area contributed by atoms with Crippen LogP contribution in [-0.4, -0.2) is 17.2 Å². The number of anilines is 1. The molecule has 1 aliphatic carbocycles. The summed E-state index contributed by atoms with van der Waals surface area (Å²) < 4.78 is 5.27. The highest BCUT2D eigenvalue weighted by Crippen LogP contribution is 2.22. The van der Waals surface area contributed by atoms with E-state index in [1.165, 1.54) is 25.7 Å². The van der Waals surface area contributed by atoms with Crippen molar-refractivity contribution in [3.63, 3.8) is 0 Å². The minimum atomic E-state index is -0.209. The van der Waals surface area contributed by atoms with Crippen LogP contribution in [-0.2, 0) is 0 Å². The van der Waals surface area contributed by atoms with Gasteiger partial charge < -0.3 is 9.84 Å². The van der Waals surface area contributed by atoms with Gasteiger partial charge in [0.05, 0.1) is 0 Å². The van der Waals surface area contributed by atoms with Crippen molar-refractivity contribution in [2.45, 2.75) is 44.6 Å². The van der Waals surface area contributed by atoms with Crippen LogP contribution in [0, 0.1) is 0 Å². The summed E-state index contributed by atoms with van der Waals surface area (Å²) in [6, 6.07) is 11.5. The number of hydrogen-bond donors (Lipinski definition) is 2. The molecule has 1 aromatic carbocycles. The Kier molecular flexibility index (Phi) is 4.73. The molecule has 0 bridgehead atoms. The maximum atomic E-state index is 12.0. The largest absolute Gasteiger partial charge is 0.354 e. The van der Waals surface area contributed by atoms with E-state index in [2.05, 4.69) is 15.8 Å². The second-order valence-electron chi connectivity index (χ2n) is 5.73. The number of carbonyl (C=O) groups excluding carboxylic acids is 1. The molecule has 0 aliphatic heterocycles. The Bertz CT molecular complexity index is 601. The minimum absolute atomic E-state index is 0.209. The van der Waals surface area contributed by atoms with Crippen LogP contribution in [0.4, 0.5) is 10.6 Å². The highest BCUT2D eigenvalue weighted by Gasteiger charge is 2.15. The van der Waals surface area contributed by atoms with Crippen molar-refractivity contribution in [1.29, 1.82) is 0 Å². The monoisotopic (exact) mass is 299 g/mol. The number of rotatable bonds is 3. The molecule has 1 aromatic heterocycles. The van der Waals surface area contributed by atoms with Gasteiger partial charge in [0.1, 0.15) is 0 Å². The highest BCUT2D eigenvalue weighted by atomic mass is 16.5.